The van der Waals surface area contributed by atoms with Gasteiger partial charge >= 0.3 is 0 Å². The molecule has 2 unspecified atom stereocenters. The van der Waals surface area contributed by atoms with Gasteiger partial charge in [0.25, 0.3) is 0 Å². The van der Waals surface area contributed by atoms with E-state index in [4.69, 9.17) is 0 Å². The lowest BCUT2D eigenvalue weighted by atomic mass is 9.95. The van der Waals surface area contributed by atoms with Crippen molar-refractivity contribution in [3.8, 4) is 0 Å². The monoisotopic (exact) mass is 250 g/mol. The molecule has 1 fully saturated rings. The highest BCUT2D eigenvalue weighted by Gasteiger charge is 2.26. The minimum atomic E-state index is 0.661. The predicted molar refractivity (Wildman–Crippen MR) is 74.4 cm³/mol. The Balaban J connectivity index is 2.00. The van der Waals surface area contributed by atoms with E-state index in [0.29, 0.717) is 6.04 Å². The van der Waals surface area contributed by atoms with Gasteiger partial charge in [0, 0.05) is 50.5 Å². The molecule has 0 amide bonds. The fourth-order valence-electron chi connectivity index (χ4n) is 2.69. The Morgan fingerprint density at radius 3 is 3.00 bits per heavy atom. The summed E-state index contributed by atoms with van der Waals surface area (Å²) in [6.45, 7) is 12.1. The number of hydrogen-bond acceptors (Lipinski definition) is 3. The van der Waals surface area contributed by atoms with Crippen molar-refractivity contribution in [1.82, 2.24) is 20.0 Å². The topological polar surface area (TPSA) is 33.1 Å². The number of aryl methyl sites for hydroxylation is 1. The lowest BCUT2D eigenvalue weighted by Crippen LogP contribution is -2.53. The average Bonchev–Trinajstić information content (AvgIpc) is 2.86. The largest absolute Gasteiger partial charge is 0.314 e. The van der Waals surface area contributed by atoms with Crippen LogP contribution < -0.4 is 5.32 Å². The molecule has 1 N–H and O–H groups in total. The van der Waals surface area contributed by atoms with Crippen LogP contribution in [0.1, 0.15) is 32.8 Å². The molecule has 0 saturated carbocycles. The molecule has 1 aliphatic heterocycles. The smallest absolute Gasteiger partial charge is 0.0534 e. The normalized spacial score (nSPS) is 23.2. The number of nitrogens with zero attached hydrogens (tertiary/aromatic N) is 3. The molecule has 18 heavy (non-hydrogen) atoms. The maximum Gasteiger partial charge on any atom is 0.0534 e. The molecule has 2 heterocycles. The van der Waals surface area contributed by atoms with Crippen molar-refractivity contribution in [2.24, 2.45) is 5.92 Å². The molecule has 1 aromatic heterocycles. The second-order valence-electron chi connectivity index (χ2n) is 5.33. The van der Waals surface area contributed by atoms with Crippen LogP contribution in [-0.2, 0) is 13.1 Å². The highest BCUT2D eigenvalue weighted by Crippen LogP contribution is 2.18. The van der Waals surface area contributed by atoms with Gasteiger partial charge in [0.15, 0.2) is 0 Å². The molecule has 1 aromatic rings. The number of hydrogen-bond donors (Lipinski definition) is 1. The van der Waals surface area contributed by atoms with Gasteiger partial charge < -0.3 is 5.32 Å². The van der Waals surface area contributed by atoms with Crippen LogP contribution in [0.15, 0.2) is 12.4 Å². The molecule has 102 valence electrons. The highest BCUT2D eigenvalue weighted by molar-refractivity contribution is 5.04. The summed E-state index contributed by atoms with van der Waals surface area (Å²) >= 11 is 0. The molecule has 4 heteroatoms. The van der Waals surface area contributed by atoms with Crippen molar-refractivity contribution in [1.29, 1.82) is 0 Å². The summed E-state index contributed by atoms with van der Waals surface area (Å²) in [6.07, 6.45) is 5.44. The first kappa shape index (κ1) is 13.6. The zero-order valence-electron chi connectivity index (χ0n) is 11.9. The fraction of sp³-hybridized carbons (Fsp3) is 0.786. The van der Waals surface area contributed by atoms with Crippen LogP contribution in [0, 0.1) is 5.92 Å². The van der Waals surface area contributed by atoms with Crippen molar-refractivity contribution < 1.29 is 0 Å². The minimum absolute atomic E-state index is 0.661. The fourth-order valence-corrected chi connectivity index (χ4v) is 2.69. The number of piperazine rings is 1. The molecule has 0 bridgehead atoms. The van der Waals surface area contributed by atoms with E-state index in [1.54, 1.807) is 0 Å². The number of aromatic nitrogens is 2. The summed E-state index contributed by atoms with van der Waals surface area (Å²) in [4.78, 5) is 2.61. The van der Waals surface area contributed by atoms with E-state index in [2.05, 4.69) is 42.3 Å². The molecule has 0 spiro atoms. The molecular formula is C14H26N4. The van der Waals surface area contributed by atoms with Crippen LogP contribution in [0.25, 0.3) is 0 Å². The SMILES string of the molecule is CCC(C)C1CNCCN1Cc1cnn(CC)c1. The van der Waals surface area contributed by atoms with E-state index in [1.165, 1.54) is 12.0 Å². The maximum atomic E-state index is 4.36. The highest BCUT2D eigenvalue weighted by atomic mass is 15.3. The molecule has 0 aromatic carbocycles. The first-order chi connectivity index (χ1) is 8.74. The third-order valence-electron chi connectivity index (χ3n) is 4.10. The lowest BCUT2D eigenvalue weighted by Gasteiger charge is -2.39. The minimum Gasteiger partial charge on any atom is -0.314 e. The summed E-state index contributed by atoms with van der Waals surface area (Å²) in [5.74, 6) is 0.749. The Labute approximate surface area is 110 Å². The van der Waals surface area contributed by atoms with E-state index in [1.807, 2.05) is 10.9 Å². The van der Waals surface area contributed by atoms with Crippen LogP contribution >= 0.6 is 0 Å². The molecule has 2 atom stereocenters. The third kappa shape index (κ3) is 3.12. The Bertz CT molecular complexity index is 360. The second-order valence-corrected chi connectivity index (χ2v) is 5.33. The van der Waals surface area contributed by atoms with Crippen LogP contribution in [0.4, 0.5) is 0 Å². The van der Waals surface area contributed by atoms with Crippen LogP contribution in [0.2, 0.25) is 0 Å². The molecule has 1 aliphatic rings. The van der Waals surface area contributed by atoms with Gasteiger partial charge in [-0.15, -0.1) is 0 Å². The van der Waals surface area contributed by atoms with E-state index < -0.39 is 0 Å². The molecule has 4 nitrogen and oxygen atoms in total. The Morgan fingerprint density at radius 1 is 1.50 bits per heavy atom. The maximum absolute atomic E-state index is 4.36. The summed E-state index contributed by atoms with van der Waals surface area (Å²) in [5.41, 5.74) is 1.34. The first-order valence-corrected chi connectivity index (χ1v) is 7.20. The van der Waals surface area contributed by atoms with Gasteiger partial charge in [0.1, 0.15) is 0 Å². The van der Waals surface area contributed by atoms with Gasteiger partial charge in [-0.1, -0.05) is 20.3 Å². The van der Waals surface area contributed by atoms with Gasteiger partial charge in [-0.2, -0.15) is 5.10 Å². The van der Waals surface area contributed by atoms with Crippen molar-refractivity contribution in [3.05, 3.63) is 18.0 Å². The van der Waals surface area contributed by atoms with Gasteiger partial charge in [0.05, 0.1) is 6.20 Å². The average molecular weight is 250 g/mol. The van der Waals surface area contributed by atoms with Gasteiger partial charge in [0.2, 0.25) is 0 Å². The van der Waals surface area contributed by atoms with Crippen LogP contribution in [0.3, 0.4) is 0 Å². The third-order valence-corrected chi connectivity index (χ3v) is 4.10. The number of nitrogens with one attached hydrogen (secondary N) is 1. The predicted octanol–water partition coefficient (Wildman–Crippen LogP) is 1.72. The van der Waals surface area contributed by atoms with Crippen molar-refractivity contribution in [2.75, 3.05) is 19.6 Å². The summed E-state index contributed by atoms with van der Waals surface area (Å²) in [6, 6.07) is 0.661. The van der Waals surface area contributed by atoms with E-state index in [-0.39, 0.29) is 0 Å². The number of rotatable bonds is 5. The van der Waals surface area contributed by atoms with Gasteiger partial charge in [-0.05, 0) is 12.8 Å². The van der Waals surface area contributed by atoms with Gasteiger partial charge in [-0.3, -0.25) is 9.58 Å². The molecule has 2 rings (SSSR count). The Kier molecular flexibility index (Phi) is 4.78. The Hall–Kier alpha value is -0.870. The van der Waals surface area contributed by atoms with E-state index in [0.717, 1.165) is 38.6 Å². The molecule has 1 saturated heterocycles. The Morgan fingerprint density at radius 2 is 2.33 bits per heavy atom. The molecule has 0 aliphatic carbocycles. The van der Waals surface area contributed by atoms with Gasteiger partial charge in [-0.25, -0.2) is 0 Å². The summed E-state index contributed by atoms with van der Waals surface area (Å²) < 4.78 is 2.01. The van der Waals surface area contributed by atoms with Crippen LogP contribution in [0.5, 0.6) is 0 Å². The first-order valence-electron chi connectivity index (χ1n) is 7.20. The zero-order valence-corrected chi connectivity index (χ0v) is 11.9. The zero-order chi connectivity index (χ0) is 13.0. The second kappa shape index (κ2) is 6.34. The van der Waals surface area contributed by atoms with Crippen molar-refractivity contribution in [3.63, 3.8) is 0 Å². The summed E-state index contributed by atoms with van der Waals surface area (Å²) in [5, 5.41) is 7.88. The molecular weight excluding hydrogens is 224 g/mol. The quantitative estimate of drug-likeness (QED) is 0.864. The van der Waals surface area contributed by atoms with Crippen molar-refractivity contribution >= 4 is 0 Å². The van der Waals surface area contributed by atoms with Crippen LogP contribution in [-0.4, -0.2) is 40.4 Å². The molecule has 0 radical (unpaired) electrons. The van der Waals surface area contributed by atoms with Crippen molar-refractivity contribution in [2.45, 2.75) is 46.3 Å². The standard InChI is InChI=1S/C14H26N4/c1-4-12(3)14-9-15-6-7-17(14)10-13-8-16-18(5-2)11-13/h8,11-12,14-15H,4-7,9-10H2,1-3H3. The van der Waals surface area contributed by atoms with E-state index >= 15 is 0 Å². The summed E-state index contributed by atoms with van der Waals surface area (Å²) in [7, 11) is 0. The lowest BCUT2D eigenvalue weighted by molar-refractivity contribution is 0.109. The van der Waals surface area contributed by atoms with E-state index in [9.17, 15) is 0 Å².